The first-order valence-corrected chi connectivity index (χ1v) is 4.44. The minimum atomic E-state index is -3.00. The molecule has 0 atom stereocenters. The Morgan fingerprint density at radius 3 is 2.76 bits per heavy atom. The zero-order valence-electron chi connectivity index (χ0n) is 8.71. The average Bonchev–Trinajstić information content (AvgIpc) is 2.30. The fourth-order valence-electron chi connectivity index (χ4n) is 1.20. The molecule has 4 nitrogen and oxygen atoms in total. The van der Waals surface area contributed by atoms with Gasteiger partial charge in [-0.2, -0.15) is 9.65 Å². The molecule has 0 aliphatic carbocycles. The largest absolute Gasteiger partial charge is 0.469 e. The van der Waals surface area contributed by atoms with Gasteiger partial charge in [0.1, 0.15) is 11.8 Å². The van der Waals surface area contributed by atoms with Crippen LogP contribution in [-0.4, -0.2) is 18.1 Å². The number of nitrogens with zero attached hydrogens (tertiary/aromatic N) is 2. The summed E-state index contributed by atoms with van der Waals surface area (Å²) < 4.78 is 42.9. The summed E-state index contributed by atoms with van der Waals surface area (Å²) in [5, 5.41) is 8.47. The number of pyridine rings is 1. The molecule has 0 saturated heterocycles. The van der Waals surface area contributed by atoms with E-state index in [0.717, 1.165) is 13.2 Å². The van der Waals surface area contributed by atoms with E-state index in [1.165, 1.54) is 6.07 Å². The van der Waals surface area contributed by atoms with Crippen LogP contribution in [0.4, 0.5) is 13.2 Å². The van der Waals surface area contributed by atoms with Crippen molar-refractivity contribution in [2.24, 2.45) is 0 Å². The maximum atomic E-state index is 13.4. The normalized spacial score (nSPS) is 10.1. The number of esters is 1. The lowest BCUT2D eigenvalue weighted by Crippen LogP contribution is -2.11. The number of aromatic nitrogens is 1. The summed E-state index contributed by atoms with van der Waals surface area (Å²) >= 11 is 0. The molecule has 1 aromatic heterocycles. The Morgan fingerprint density at radius 1 is 1.65 bits per heavy atom. The van der Waals surface area contributed by atoms with E-state index in [2.05, 4.69) is 9.72 Å². The molecule has 0 amide bonds. The molecule has 0 aliphatic heterocycles. The second-order valence-electron chi connectivity index (χ2n) is 3.03. The van der Waals surface area contributed by atoms with Crippen molar-refractivity contribution >= 4 is 5.97 Å². The highest BCUT2D eigenvalue weighted by Crippen LogP contribution is 2.25. The van der Waals surface area contributed by atoms with Gasteiger partial charge in [-0.25, -0.2) is 13.8 Å². The first-order chi connectivity index (χ1) is 7.99. The molecule has 0 aromatic carbocycles. The van der Waals surface area contributed by atoms with Crippen LogP contribution in [0.1, 0.15) is 23.2 Å². The number of hydrogen-bond donors (Lipinski definition) is 0. The van der Waals surface area contributed by atoms with Crippen LogP contribution in [0.15, 0.2) is 6.07 Å². The van der Waals surface area contributed by atoms with E-state index in [9.17, 15) is 18.0 Å². The van der Waals surface area contributed by atoms with E-state index in [4.69, 9.17) is 5.26 Å². The number of alkyl halides is 2. The molecule has 7 heteroatoms. The number of carbonyl (C=O) groups excluding carboxylic acids is 1. The van der Waals surface area contributed by atoms with Gasteiger partial charge in [0, 0.05) is 11.1 Å². The Bertz CT molecular complexity index is 483. The van der Waals surface area contributed by atoms with Gasteiger partial charge in [-0.1, -0.05) is 0 Å². The Kier molecular flexibility index (Phi) is 4.04. The third kappa shape index (κ3) is 2.93. The van der Waals surface area contributed by atoms with Crippen molar-refractivity contribution in [1.82, 2.24) is 4.98 Å². The zero-order chi connectivity index (χ0) is 13.0. The molecule has 0 fully saturated rings. The highest BCUT2D eigenvalue weighted by atomic mass is 19.3. The van der Waals surface area contributed by atoms with Crippen molar-refractivity contribution in [2.45, 2.75) is 12.8 Å². The van der Waals surface area contributed by atoms with Crippen LogP contribution >= 0.6 is 0 Å². The van der Waals surface area contributed by atoms with Gasteiger partial charge in [-0.15, -0.1) is 0 Å². The van der Waals surface area contributed by atoms with E-state index in [1.54, 1.807) is 0 Å². The monoisotopic (exact) mass is 244 g/mol. The summed E-state index contributed by atoms with van der Waals surface area (Å²) in [5.74, 6) is -2.12. The van der Waals surface area contributed by atoms with Gasteiger partial charge >= 0.3 is 5.97 Å². The van der Waals surface area contributed by atoms with Crippen molar-refractivity contribution in [2.75, 3.05) is 7.11 Å². The first kappa shape index (κ1) is 13.0. The molecule has 0 bridgehead atoms. The summed E-state index contributed by atoms with van der Waals surface area (Å²) in [5.41, 5.74) is -1.74. The molecular weight excluding hydrogens is 237 g/mol. The Hall–Kier alpha value is -2.10. The standard InChI is InChI=1S/C10H7F3N2O2/c1-17-8(16)3-7-6(9(11)12)2-5(4-14)15-10(7)13/h2,9H,3H2,1H3. The molecule has 0 aliphatic rings. The minimum Gasteiger partial charge on any atom is -0.469 e. The lowest BCUT2D eigenvalue weighted by molar-refractivity contribution is -0.139. The summed E-state index contributed by atoms with van der Waals surface area (Å²) in [7, 11) is 1.05. The molecule has 17 heavy (non-hydrogen) atoms. The van der Waals surface area contributed by atoms with Crippen LogP contribution in [0.25, 0.3) is 0 Å². The van der Waals surface area contributed by atoms with Crippen molar-refractivity contribution in [3.63, 3.8) is 0 Å². The molecule has 1 heterocycles. The molecule has 0 N–H and O–H groups in total. The van der Waals surface area contributed by atoms with Crippen LogP contribution in [-0.2, 0) is 16.0 Å². The number of ether oxygens (including phenoxy) is 1. The van der Waals surface area contributed by atoms with Crippen molar-refractivity contribution < 1.29 is 22.7 Å². The number of nitriles is 1. The quantitative estimate of drug-likeness (QED) is 0.600. The van der Waals surface area contributed by atoms with Crippen LogP contribution in [0.2, 0.25) is 0 Å². The van der Waals surface area contributed by atoms with E-state index >= 15 is 0 Å². The average molecular weight is 244 g/mol. The number of halogens is 3. The van der Waals surface area contributed by atoms with Crippen LogP contribution in [0.3, 0.4) is 0 Å². The predicted octanol–water partition coefficient (Wildman–Crippen LogP) is 1.75. The highest BCUT2D eigenvalue weighted by molar-refractivity contribution is 5.73. The Balaban J connectivity index is 3.27. The summed E-state index contributed by atoms with van der Waals surface area (Å²) in [6, 6.07) is 2.21. The zero-order valence-corrected chi connectivity index (χ0v) is 8.71. The number of methoxy groups -OCH3 is 1. The maximum absolute atomic E-state index is 13.4. The van der Waals surface area contributed by atoms with Crippen molar-refractivity contribution in [3.05, 3.63) is 28.8 Å². The smallest absolute Gasteiger partial charge is 0.310 e. The van der Waals surface area contributed by atoms with Crippen molar-refractivity contribution in [1.29, 1.82) is 5.26 Å². The molecule has 0 saturated carbocycles. The molecule has 1 rings (SSSR count). The Labute approximate surface area is 94.6 Å². The van der Waals surface area contributed by atoms with E-state index in [-0.39, 0.29) is 0 Å². The van der Waals surface area contributed by atoms with Gasteiger partial charge in [0.25, 0.3) is 6.43 Å². The van der Waals surface area contributed by atoms with Crippen LogP contribution in [0, 0.1) is 17.3 Å². The lowest BCUT2D eigenvalue weighted by atomic mass is 10.1. The number of rotatable bonds is 3. The van der Waals surface area contributed by atoms with Crippen LogP contribution in [0.5, 0.6) is 0 Å². The molecule has 1 aromatic rings. The highest BCUT2D eigenvalue weighted by Gasteiger charge is 2.21. The molecule has 90 valence electrons. The molecule has 0 spiro atoms. The summed E-state index contributed by atoms with van der Waals surface area (Å²) in [6.07, 6.45) is -3.65. The summed E-state index contributed by atoms with van der Waals surface area (Å²) in [6.45, 7) is 0. The second kappa shape index (κ2) is 5.30. The van der Waals surface area contributed by atoms with Gasteiger partial charge < -0.3 is 4.74 Å². The van der Waals surface area contributed by atoms with E-state index in [1.807, 2.05) is 0 Å². The van der Waals surface area contributed by atoms with Gasteiger partial charge in [0.05, 0.1) is 13.5 Å². The third-order valence-electron chi connectivity index (χ3n) is 2.01. The van der Waals surface area contributed by atoms with Gasteiger partial charge in [-0.3, -0.25) is 4.79 Å². The van der Waals surface area contributed by atoms with Gasteiger partial charge in [0.2, 0.25) is 5.95 Å². The molecule has 0 unspecified atom stereocenters. The predicted molar refractivity (Wildman–Crippen MR) is 49.6 cm³/mol. The van der Waals surface area contributed by atoms with Crippen molar-refractivity contribution in [3.8, 4) is 6.07 Å². The number of carbonyl (C=O) groups is 1. The minimum absolute atomic E-state index is 0.466. The second-order valence-corrected chi connectivity index (χ2v) is 3.03. The van der Waals surface area contributed by atoms with E-state index < -0.39 is 41.6 Å². The fourth-order valence-corrected chi connectivity index (χ4v) is 1.20. The van der Waals surface area contributed by atoms with E-state index in [0.29, 0.717) is 0 Å². The first-order valence-electron chi connectivity index (χ1n) is 4.44. The topological polar surface area (TPSA) is 63.0 Å². The Morgan fingerprint density at radius 2 is 2.29 bits per heavy atom. The van der Waals surface area contributed by atoms with Crippen LogP contribution < -0.4 is 0 Å². The van der Waals surface area contributed by atoms with Gasteiger partial charge in [-0.05, 0) is 6.07 Å². The molecule has 0 radical (unpaired) electrons. The molecular formula is C10H7F3N2O2. The summed E-state index contributed by atoms with van der Waals surface area (Å²) in [4.78, 5) is 14.1. The lowest BCUT2D eigenvalue weighted by Gasteiger charge is -2.08. The number of hydrogen-bond acceptors (Lipinski definition) is 4. The SMILES string of the molecule is COC(=O)Cc1c(C(F)F)cc(C#N)nc1F. The van der Waals surface area contributed by atoms with Gasteiger partial charge in [0.15, 0.2) is 0 Å². The third-order valence-corrected chi connectivity index (χ3v) is 2.01. The maximum Gasteiger partial charge on any atom is 0.310 e. The fraction of sp³-hybridized carbons (Fsp3) is 0.300.